The van der Waals surface area contributed by atoms with Crippen LogP contribution in [0, 0.1) is 0 Å². The predicted molar refractivity (Wildman–Crippen MR) is 159 cm³/mol. The Morgan fingerprint density at radius 3 is 1.75 bits per heavy atom. The summed E-state index contributed by atoms with van der Waals surface area (Å²) in [5.41, 5.74) is 0. The van der Waals surface area contributed by atoms with Crippen molar-refractivity contribution in [3.05, 3.63) is 0 Å². The van der Waals surface area contributed by atoms with E-state index in [1.54, 1.807) is 25.7 Å². The minimum absolute atomic E-state index is 0. The molecule has 0 saturated heterocycles. The SMILES string of the molecule is CCCCCC(=O)N(CCN(CC(=O)OCC)CC(=O)OCC)CC(=O)OCC.CCCCCC1=NCCN1.O=CO[O-].[Na+]. The molecule has 1 aliphatic heterocycles. The van der Waals surface area contributed by atoms with E-state index in [2.05, 4.69) is 22.1 Å². The van der Waals surface area contributed by atoms with E-state index in [1.807, 2.05) is 6.92 Å². The second kappa shape index (κ2) is 33.6. The van der Waals surface area contributed by atoms with Crippen molar-refractivity contribution in [2.24, 2.45) is 4.99 Å². The zero-order valence-electron chi connectivity index (χ0n) is 27.7. The first-order chi connectivity index (χ1) is 20.7. The molecule has 1 amide bonds. The number of carbonyl (C=O) groups excluding carboxylic acids is 5. The van der Waals surface area contributed by atoms with Crippen LogP contribution in [-0.2, 0) is 43.1 Å². The number of nitrogens with one attached hydrogen (secondary N) is 1. The van der Waals surface area contributed by atoms with Crippen LogP contribution < -0.4 is 40.1 Å². The van der Waals surface area contributed by atoms with Crippen molar-refractivity contribution in [1.29, 1.82) is 0 Å². The largest absolute Gasteiger partial charge is 1.00 e. The quantitative estimate of drug-likeness (QED) is 0.0290. The number of esters is 3. The number of amides is 1. The van der Waals surface area contributed by atoms with Crippen LogP contribution in [0.2, 0.25) is 0 Å². The van der Waals surface area contributed by atoms with E-state index in [4.69, 9.17) is 24.3 Å². The third-order valence-electron chi connectivity index (χ3n) is 5.77. The average molecular weight is 641 g/mol. The summed E-state index contributed by atoms with van der Waals surface area (Å²) in [6, 6.07) is 0. The van der Waals surface area contributed by atoms with E-state index < -0.39 is 17.9 Å². The second-order valence-electron chi connectivity index (χ2n) is 9.30. The van der Waals surface area contributed by atoms with Gasteiger partial charge in [-0.25, -0.2) is 0 Å². The molecule has 14 nitrogen and oxygen atoms in total. The number of unbranched alkanes of at least 4 members (excludes halogenated alkanes) is 4. The Morgan fingerprint density at radius 2 is 1.32 bits per heavy atom. The maximum Gasteiger partial charge on any atom is 1.00 e. The maximum atomic E-state index is 12.5. The van der Waals surface area contributed by atoms with Crippen LogP contribution in [0.3, 0.4) is 0 Å². The molecular formula is C29H53N4NaO10. The number of amidine groups is 1. The molecule has 1 aliphatic rings. The van der Waals surface area contributed by atoms with Gasteiger partial charge in [-0.1, -0.05) is 39.5 Å². The van der Waals surface area contributed by atoms with Crippen molar-refractivity contribution in [2.75, 3.05) is 65.6 Å². The standard InChI is InChI=1S/C20H36N2O7.C8H16N2.CH2O3.Na/c1-5-9-10-11-17(23)22(16-20(26)29-8-4)13-12-21(14-18(24)27-6-2)15-19(25)28-7-3;1-2-3-4-5-8-9-6-7-10-8;2-1-4-3;/h5-16H2,1-4H3;2-7H2,1H3,(H,9,10);1,3H;/q;;;+1/p-1. The molecule has 0 aromatic carbocycles. The van der Waals surface area contributed by atoms with Gasteiger partial charge in [0.25, 0.3) is 6.47 Å². The molecule has 0 atom stereocenters. The maximum absolute atomic E-state index is 12.5. The van der Waals surface area contributed by atoms with Crippen LogP contribution in [0.4, 0.5) is 0 Å². The second-order valence-corrected chi connectivity index (χ2v) is 9.30. The number of ether oxygens (including phenoxy) is 3. The number of rotatable bonds is 21. The van der Waals surface area contributed by atoms with E-state index in [1.165, 1.54) is 30.0 Å². The summed E-state index contributed by atoms with van der Waals surface area (Å²) in [4.78, 5) is 66.6. The predicted octanol–water partition coefficient (Wildman–Crippen LogP) is -1.61. The third kappa shape index (κ3) is 28.5. The van der Waals surface area contributed by atoms with Gasteiger partial charge in [-0.15, -0.1) is 0 Å². The molecule has 0 saturated carbocycles. The van der Waals surface area contributed by atoms with Crippen LogP contribution in [0.1, 0.15) is 86.0 Å². The summed E-state index contributed by atoms with van der Waals surface area (Å²) in [5.74, 6) is -0.350. The Bertz CT molecular complexity index is 782. The molecule has 1 heterocycles. The number of nitrogens with zero attached hydrogens (tertiary/aromatic N) is 3. The van der Waals surface area contributed by atoms with Gasteiger partial charge in [0.15, 0.2) is 0 Å². The first kappa shape index (κ1) is 46.2. The van der Waals surface area contributed by atoms with Gasteiger partial charge in [0, 0.05) is 32.5 Å². The molecule has 0 aromatic heterocycles. The summed E-state index contributed by atoms with van der Waals surface area (Å²) in [7, 11) is 0. The first-order valence-corrected chi connectivity index (χ1v) is 15.2. The molecule has 1 N–H and O–H groups in total. The fourth-order valence-electron chi connectivity index (χ4n) is 3.75. The molecule has 0 fully saturated rings. The molecule has 0 spiro atoms. The van der Waals surface area contributed by atoms with Crippen molar-refractivity contribution in [2.45, 2.75) is 86.0 Å². The Kier molecular flexibility index (Phi) is 35.3. The van der Waals surface area contributed by atoms with E-state index in [9.17, 15) is 19.2 Å². The van der Waals surface area contributed by atoms with E-state index >= 15 is 0 Å². The minimum atomic E-state index is -0.487. The molecule has 0 aromatic rings. The summed E-state index contributed by atoms with van der Waals surface area (Å²) < 4.78 is 14.8. The monoisotopic (exact) mass is 640 g/mol. The van der Waals surface area contributed by atoms with Crippen LogP contribution in [-0.4, -0.2) is 112 Å². The Balaban J connectivity index is -0.000000917. The minimum Gasteiger partial charge on any atom is -0.662 e. The molecule has 0 bridgehead atoms. The molecular weight excluding hydrogens is 587 g/mol. The molecule has 1 rings (SSSR count). The topological polar surface area (TPSA) is 176 Å². The zero-order chi connectivity index (χ0) is 32.7. The van der Waals surface area contributed by atoms with Crippen LogP contribution in [0.25, 0.3) is 0 Å². The number of aliphatic imine (C=N–C) groups is 1. The van der Waals surface area contributed by atoms with Gasteiger partial charge < -0.3 is 34.6 Å². The molecule has 0 radical (unpaired) electrons. The van der Waals surface area contributed by atoms with Crippen molar-refractivity contribution < 1.29 is 77.9 Å². The number of carbonyl (C=O) groups is 5. The normalized spacial score (nSPS) is 11.2. The van der Waals surface area contributed by atoms with Gasteiger partial charge in [-0.3, -0.25) is 33.9 Å². The smallest absolute Gasteiger partial charge is 0.662 e. The van der Waals surface area contributed by atoms with Crippen molar-refractivity contribution in [3.8, 4) is 0 Å². The molecule has 0 unspecified atom stereocenters. The Labute approximate surface area is 284 Å². The van der Waals surface area contributed by atoms with Gasteiger partial charge >= 0.3 is 47.5 Å². The Hall–Kier alpha value is -2.26. The fourth-order valence-corrected chi connectivity index (χ4v) is 3.75. The van der Waals surface area contributed by atoms with Crippen molar-refractivity contribution in [1.82, 2.24) is 15.1 Å². The van der Waals surface area contributed by atoms with Crippen molar-refractivity contribution in [3.63, 3.8) is 0 Å². The van der Waals surface area contributed by atoms with Gasteiger partial charge in [0.05, 0.1) is 45.3 Å². The number of hydrogen-bond acceptors (Lipinski definition) is 13. The van der Waals surface area contributed by atoms with Crippen molar-refractivity contribution >= 4 is 36.1 Å². The van der Waals surface area contributed by atoms with Gasteiger partial charge in [-0.05, 0) is 33.6 Å². The molecule has 0 aliphatic carbocycles. The number of hydrogen-bond donors (Lipinski definition) is 1. The molecule has 250 valence electrons. The van der Waals surface area contributed by atoms with Gasteiger partial charge in [0.2, 0.25) is 5.91 Å². The zero-order valence-corrected chi connectivity index (χ0v) is 29.7. The fraction of sp³-hybridized carbons (Fsp3) is 0.793. The third-order valence-corrected chi connectivity index (χ3v) is 5.77. The van der Waals surface area contributed by atoms with Crippen LogP contribution in [0.15, 0.2) is 4.99 Å². The van der Waals surface area contributed by atoms with E-state index in [-0.39, 0.29) is 94.5 Å². The molecule has 44 heavy (non-hydrogen) atoms. The summed E-state index contributed by atoms with van der Waals surface area (Å²) in [6.45, 7) is 12.0. The summed E-state index contributed by atoms with van der Waals surface area (Å²) in [5, 5.41) is 11.7. The van der Waals surface area contributed by atoms with Crippen LogP contribution in [0.5, 0.6) is 0 Å². The Morgan fingerprint density at radius 1 is 0.818 bits per heavy atom. The van der Waals surface area contributed by atoms with E-state index in [0.29, 0.717) is 6.42 Å². The first-order valence-electron chi connectivity index (χ1n) is 15.2. The summed E-state index contributed by atoms with van der Waals surface area (Å²) in [6.07, 6.45) is 8.08. The molecule has 15 heteroatoms. The van der Waals surface area contributed by atoms with Gasteiger partial charge in [0.1, 0.15) is 6.54 Å². The summed E-state index contributed by atoms with van der Waals surface area (Å²) >= 11 is 0. The van der Waals surface area contributed by atoms with E-state index in [0.717, 1.165) is 38.8 Å². The van der Waals surface area contributed by atoms with Crippen LogP contribution >= 0.6 is 0 Å². The average Bonchev–Trinajstić information content (AvgIpc) is 3.50. The van der Waals surface area contributed by atoms with Gasteiger partial charge in [-0.2, -0.15) is 0 Å².